The number of carbonyl (C=O) groups is 2. The van der Waals surface area contributed by atoms with E-state index in [4.69, 9.17) is 23.2 Å². The Hall–Kier alpha value is -3.14. The van der Waals surface area contributed by atoms with E-state index in [9.17, 15) is 22.4 Å². The van der Waals surface area contributed by atoms with Crippen LogP contribution >= 0.6 is 23.2 Å². The summed E-state index contributed by atoms with van der Waals surface area (Å²) in [4.78, 5) is 28.5. The van der Waals surface area contributed by atoms with Crippen molar-refractivity contribution in [2.24, 2.45) is 0 Å². The summed E-state index contributed by atoms with van der Waals surface area (Å²) in [5, 5.41) is 3.50. The molecule has 0 aliphatic carbocycles. The molecular weight excluding hydrogens is 576 g/mol. The van der Waals surface area contributed by atoms with E-state index in [1.165, 1.54) is 23.1 Å². The van der Waals surface area contributed by atoms with Crippen molar-refractivity contribution >= 4 is 50.7 Å². The lowest BCUT2D eigenvalue weighted by molar-refractivity contribution is -0.141. The summed E-state index contributed by atoms with van der Waals surface area (Å²) in [6.45, 7) is 2.14. The van der Waals surface area contributed by atoms with E-state index in [-0.39, 0.29) is 49.9 Å². The summed E-state index contributed by atoms with van der Waals surface area (Å²) in [6.07, 6.45) is 1.28. The van der Waals surface area contributed by atoms with Gasteiger partial charge >= 0.3 is 0 Å². The Morgan fingerprint density at radius 3 is 2.25 bits per heavy atom. The fourth-order valence-electron chi connectivity index (χ4n) is 4.32. The predicted molar refractivity (Wildman–Crippen MR) is 157 cm³/mol. The van der Waals surface area contributed by atoms with Gasteiger partial charge in [0.1, 0.15) is 11.9 Å². The largest absolute Gasteiger partial charge is 0.355 e. The second-order valence-electron chi connectivity index (χ2n) is 9.26. The van der Waals surface area contributed by atoms with Crippen LogP contribution in [-0.2, 0) is 32.6 Å². The zero-order chi connectivity index (χ0) is 29.3. The molecule has 0 saturated heterocycles. The SMILES string of the molecule is CCNC(=O)[C@H](Cc1ccccc1)N(Cc1ccc(Cl)c(Cl)c1)C(=O)CCCN(c1ccccc1F)S(C)(=O)=O. The molecule has 0 unspecified atom stereocenters. The molecule has 0 spiro atoms. The van der Waals surface area contributed by atoms with Crippen molar-refractivity contribution in [3.05, 3.63) is 99.8 Å². The van der Waals surface area contributed by atoms with Crippen LogP contribution in [0.1, 0.15) is 30.9 Å². The first-order chi connectivity index (χ1) is 19.0. The Balaban J connectivity index is 1.89. The van der Waals surface area contributed by atoms with Crippen molar-refractivity contribution < 1.29 is 22.4 Å². The molecule has 214 valence electrons. The number of nitrogens with one attached hydrogen (secondary N) is 1. The van der Waals surface area contributed by atoms with Gasteiger partial charge in [-0.25, -0.2) is 12.8 Å². The number of hydrogen-bond acceptors (Lipinski definition) is 4. The molecule has 0 radical (unpaired) electrons. The zero-order valence-electron chi connectivity index (χ0n) is 22.3. The first kappa shape index (κ1) is 31.4. The van der Waals surface area contributed by atoms with Gasteiger partial charge in [0.2, 0.25) is 21.8 Å². The lowest BCUT2D eigenvalue weighted by Crippen LogP contribution is -2.50. The number of sulfonamides is 1. The molecule has 3 aromatic rings. The molecule has 1 N–H and O–H groups in total. The van der Waals surface area contributed by atoms with Gasteiger partial charge in [-0.15, -0.1) is 0 Å². The minimum absolute atomic E-state index is 0.0768. The van der Waals surface area contributed by atoms with Crippen LogP contribution in [0.4, 0.5) is 10.1 Å². The van der Waals surface area contributed by atoms with E-state index in [1.54, 1.807) is 31.2 Å². The van der Waals surface area contributed by atoms with Crippen LogP contribution in [0.25, 0.3) is 0 Å². The number of carbonyl (C=O) groups excluding carboxylic acids is 2. The van der Waals surface area contributed by atoms with E-state index in [1.807, 2.05) is 30.3 Å². The second kappa shape index (κ2) is 14.5. The van der Waals surface area contributed by atoms with Crippen LogP contribution in [0.2, 0.25) is 10.0 Å². The lowest BCUT2D eigenvalue weighted by atomic mass is 10.0. The van der Waals surface area contributed by atoms with Gasteiger partial charge in [-0.1, -0.05) is 71.7 Å². The van der Waals surface area contributed by atoms with Crippen LogP contribution in [0, 0.1) is 5.82 Å². The summed E-state index contributed by atoms with van der Waals surface area (Å²) in [5.74, 6) is -1.36. The van der Waals surface area contributed by atoms with Crippen molar-refractivity contribution in [3.63, 3.8) is 0 Å². The Labute approximate surface area is 244 Å². The monoisotopic (exact) mass is 607 g/mol. The average Bonchev–Trinajstić information content (AvgIpc) is 2.91. The molecule has 0 aliphatic rings. The van der Waals surface area contributed by atoms with Crippen LogP contribution in [0.5, 0.6) is 0 Å². The molecule has 7 nitrogen and oxygen atoms in total. The predicted octanol–water partition coefficient (Wildman–Crippen LogP) is 5.45. The Morgan fingerprint density at radius 2 is 1.62 bits per heavy atom. The molecule has 3 rings (SSSR count). The summed E-state index contributed by atoms with van der Waals surface area (Å²) < 4.78 is 40.3. The smallest absolute Gasteiger partial charge is 0.243 e. The number of rotatable bonds is 13. The Bertz CT molecular complexity index is 1420. The first-order valence-corrected chi connectivity index (χ1v) is 15.4. The molecule has 1 atom stereocenters. The number of halogens is 3. The van der Waals surface area contributed by atoms with Crippen LogP contribution in [0.3, 0.4) is 0 Å². The molecule has 0 saturated carbocycles. The van der Waals surface area contributed by atoms with E-state index in [2.05, 4.69) is 5.32 Å². The summed E-state index contributed by atoms with van der Waals surface area (Å²) in [7, 11) is -3.82. The summed E-state index contributed by atoms with van der Waals surface area (Å²) in [5.41, 5.74) is 1.46. The molecule has 0 bridgehead atoms. The number of hydrogen-bond donors (Lipinski definition) is 1. The normalized spacial score (nSPS) is 12.0. The quantitative estimate of drug-likeness (QED) is 0.280. The van der Waals surface area contributed by atoms with Gasteiger partial charge in [0.15, 0.2) is 0 Å². The third-order valence-electron chi connectivity index (χ3n) is 6.23. The number of anilines is 1. The highest BCUT2D eigenvalue weighted by Gasteiger charge is 2.30. The minimum Gasteiger partial charge on any atom is -0.355 e. The van der Waals surface area contributed by atoms with Crippen molar-refractivity contribution in [1.82, 2.24) is 10.2 Å². The number of likely N-dealkylation sites (N-methyl/N-ethyl adjacent to an activating group) is 1. The standard InChI is InChI=1S/C29H32Cl2FN3O4S/c1-3-33-29(37)27(19-21-10-5-4-6-11-21)34(20-22-15-16-23(30)24(31)18-22)28(36)14-9-17-35(40(2,38)39)26-13-8-7-12-25(26)32/h4-8,10-13,15-16,18,27H,3,9,14,17,19-20H2,1-2H3,(H,33,37)/t27-/m0/s1. The Kier molecular flexibility index (Phi) is 11.4. The topological polar surface area (TPSA) is 86.8 Å². The van der Waals surface area contributed by atoms with E-state index in [0.717, 1.165) is 16.1 Å². The van der Waals surface area contributed by atoms with E-state index in [0.29, 0.717) is 22.2 Å². The summed E-state index contributed by atoms with van der Waals surface area (Å²) in [6, 6.07) is 19.1. The van der Waals surface area contributed by atoms with Gasteiger partial charge in [0.05, 0.1) is 22.0 Å². The van der Waals surface area contributed by atoms with Crippen LogP contribution in [-0.4, -0.2) is 50.5 Å². The van der Waals surface area contributed by atoms with Crippen molar-refractivity contribution in [3.8, 4) is 0 Å². The van der Waals surface area contributed by atoms with Gasteiger partial charge in [-0.3, -0.25) is 13.9 Å². The number of para-hydroxylation sites is 1. The van der Waals surface area contributed by atoms with E-state index < -0.39 is 21.9 Å². The molecular formula is C29H32Cl2FN3O4S. The van der Waals surface area contributed by atoms with Crippen molar-refractivity contribution in [2.45, 2.75) is 38.8 Å². The zero-order valence-corrected chi connectivity index (χ0v) is 24.6. The maximum atomic E-state index is 14.4. The van der Waals surface area contributed by atoms with Crippen molar-refractivity contribution in [1.29, 1.82) is 0 Å². The molecule has 0 aromatic heterocycles. The molecule has 0 fully saturated rings. The molecule has 3 aromatic carbocycles. The van der Waals surface area contributed by atoms with E-state index >= 15 is 0 Å². The molecule has 0 aliphatic heterocycles. The van der Waals surface area contributed by atoms with Gasteiger partial charge in [-0.2, -0.15) is 0 Å². The fraction of sp³-hybridized carbons (Fsp3) is 0.310. The fourth-order valence-corrected chi connectivity index (χ4v) is 5.60. The van der Waals surface area contributed by atoms with Gasteiger partial charge in [-0.05, 0) is 48.7 Å². The lowest BCUT2D eigenvalue weighted by Gasteiger charge is -2.32. The maximum absolute atomic E-state index is 14.4. The highest BCUT2D eigenvalue weighted by atomic mass is 35.5. The van der Waals surface area contributed by atoms with Gasteiger partial charge < -0.3 is 10.2 Å². The number of nitrogens with zero attached hydrogens (tertiary/aromatic N) is 2. The van der Waals surface area contributed by atoms with Gasteiger partial charge in [0.25, 0.3) is 0 Å². The molecule has 0 heterocycles. The summed E-state index contributed by atoms with van der Waals surface area (Å²) >= 11 is 12.3. The molecule has 40 heavy (non-hydrogen) atoms. The minimum atomic E-state index is -3.82. The first-order valence-electron chi connectivity index (χ1n) is 12.8. The second-order valence-corrected chi connectivity index (χ2v) is 12.0. The third-order valence-corrected chi connectivity index (χ3v) is 8.15. The van der Waals surface area contributed by atoms with Crippen molar-refractivity contribution in [2.75, 3.05) is 23.7 Å². The average molecular weight is 609 g/mol. The number of benzene rings is 3. The maximum Gasteiger partial charge on any atom is 0.243 e. The van der Waals surface area contributed by atoms with Crippen LogP contribution in [0.15, 0.2) is 72.8 Å². The van der Waals surface area contributed by atoms with Crippen LogP contribution < -0.4 is 9.62 Å². The Morgan fingerprint density at radius 1 is 0.950 bits per heavy atom. The molecule has 2 amide bonds. The van der Waals surface area contributed by atoms with Gasteiger partial charge in [0, 0.05) is 32.5 Å². The highest BCUT2D eigenvalue weighted by molar-refractivity contribution is 7.92. The molecule has 11 heteroatoms. The number of amides is 2. The third kappa shape index (κ3) is 8.68. The highest BCUT2D eigenvalue weighted by Crippen LogP contribution is 2.25.